The first-order valence-corrected chi connectivity index (χ1v) is 6.30. The van der Waals surface area contributed by atoms with Gasteiger partial charge in [-0.05, 0) is 24.6 Å². The first kappa shape index (κ1) is 14.8. The third kappa shape index (κ3) is 2.67. The van der Waals surface area contributed by atoms with E-state index in [1.807, 2.05) is 0 Å². The van der Waals surface area contributed by atoms with Crippen LogP contribution in [-0.4, -0.2) is 48.1 Å². The summed E-state index contributed by atoms with van der Waals surface area (Å²) >= 11 is 0. The predicted octanol–water partition coefficient (Wildman–Crippen LogP) is 0.920. The van der Waals surface area contributed by atoms with Crippen molar-refractivity contribution in [3.05, 3.63) is 23.8 Å². The molecule has 21 heavy (non-hydrogen) atoms. The van der Waals surface area contributed by atoms with E-state index in [0.717, 1.165) is 4.90 Å². The van der Waals surface area contributed by atoms with E-state index in [9.17, 15) is 14.4 Å². The van der Waals surface area contributed by atoms with Gasteiger partial charge in [0, 0.05) is 12.0 Å². The number of carboxylic acid groups (broad SMARTS) is 1. The van der Waals surface area contributed by atoms with Gasteiger partial charge in [0.05, 0.1) is 14.2 Å². The molecule has 1 heterocycles. The molecule has 1 saturated heterocycles. The van der Waals surface area contributed by atoms with Crippen molar-refractivity contribution in [3.63, 3.8) is 0 Å². The minimum absolute atomic E-state index is 0.0516. The molecule has 1 atom stereocenters. The van der Waals surface area contributed by atoms with Gasteiger partial charge in [-0.3, -0.25) is 14.5 Å². The molecule has 0 aromatic heterocycles. The highest BCUT2D eigenvalue weighted by atomic mass is 16.5. The molecule has 0 saturated carbocycles. The lowest BCUT2D eigenvalue weighted by molar-refractivity contribution is -0.144. The molecule has 1 aromatic carbocycles. The van der Waals surface area contributed by atoms with Gasteiger partial charge < -0.3 is 14.6 Å². The van der Waals surface area contributed by atoms with Crippen LogP contribution in [-0.2, 0) is 9.59 Å². The summed E-state index contributed by atoms with van der Waals surface area (Å²) in [7, 11) is 2.89. The zero-order chi connectivity index (χ0) is 15.6. The highest BCUT2D eigenvalue weighted by Gasteiger charge is 2.40. The number of carbonyl (C=O) groups is 3. The van der Waals surface area contributed by atoms with E-state index in [4.69, 9.17) is 14.6 Å². The molecule has 1 aromatic rings. The molecule has 2 rings (SSSR count). The first-order valence-electron chi connectivity index (χ1n) is 6.30. The lowest BCUT2D eigenvalue weighted by Gasteiger charge is -2.20. The van der Waals surface area contributed by atoms with E-state index < -0.39 is 23.8 Å². The van der Waals surface area contributed by atoms with Crippen molar-refractivity contribution >= 4 is 17.8 Å². The van der Waals surface area contributed by atoms with Crippen LogP contribution in [0.3, 0.4) is 0 Å². The maximum Gasteiger partial charge on any atom is 0.326 e. The van der Waals surface area contributed by atoms with E-state index >= 15 is 0 Å². The molecule has 112 valence electrons. The summed E-state index contributed by atoms with van der Waals surface area (Å²) in [4.78, 5) is 36.1. The van der Waals surface area contributed by atoms with Crippen molar-refractivity contribution < 1.29 is 29.0 Å². The molecule has 0 spiro atoms. The average molecular weight is 293 g/mol. The van der Waals surface area contributed by atoms with Crippen LogP contribution in [0.5, 0.6) is 11.5 Å². The summed E-state index contributed by atoms with van der Waals surface area (Å²) in [6.45, 7) is 0. The van der Waals surface area contributed by atoms with Crippen LogP contribution in [0.2, 0.25) is 0 Å². The van der Waals surface area contributed by atoms with Gasteiger partial charge in [-0.1, -0.05) is 0 Å². The highest BCUT2D eigenvalue weighted by molar-refractivity contribution is 6.08. The van der Waals surface area contributed by atoms with Gasteiger partial charge >= 0.3 is 5.97 Å². The minimum Gasteiger partial charge on any atom is -0.493 e. The molecule has 1 aliphatic rings. The van der Waals surface area contributed by atoms with Crippen LogP contribution >= 0.6 is 0 Å². The number of benzene rings is 1. The van der Waals surface area contributed by atoms with Crippen molar-refractivity contribution in [1.29, 1.82) is 0 Å². The maximum absolute atomic E-state index is 12.4. The molecule has 1 fully saturated rings. The second-order valence-corrected chi connectivity index (χ2v) is 4.53. The van der Waals surface area contributed by atoms with Gasteiger partial charge in [0.2, 0.25) is 5.91 Å². The van der Waals surface area contributed by atoms with Crippen LogP contribution < -0.4 is 9.47 Å². The summed E-state index contributed by atoms with van der Waals surface area (Å²) in [5.41, 5.74) is 0.175. The van der Waals surface area contributed by atoms with Crippen LogP contribution in [0.4, 0.5) is 0 Å². The number of carbonyl (C=O) groups excluding carboxylic acids is 2. The van der Waals surface area contributed by atoms with Crippen molar-refractivity contribution in [1.82, 2.24) is 4.90 Å². The topological polar surface area (TPSA) is 93.1 Å². The number of likely N-dealkylation sites (tertiary alicyclic amines) is 1. The molecule has 0 radical (unpaired) electrons. The van der Waals surface area contributed by atoms with E-state index in [-0.39, 0.29) is 18.4 Å². The number of amides is 2. The summed E-state index contributed by atoms with van der Waals surface area (Å²) < 4.78 is 10.2. The maximum atomic E-state index is 12.4. The van der Waals surface area contributed by atoms with Gasteiger partial charge in [-0.15, -0.1) is 0 Å². The van der Waals surface area contributed by atoms with Crippen LogP contribution in [0.15, 0.2) is 18.2 Å². The number of ether oxygens (including phenoxy) is 2. The monoisotopic (exact) mass is 293 g/mol. The smallest absolute Gasteiger partial charge is 0.326 e. The van der Waals surface area contributed by atoms with Crippen LogP contribution in [0.25, 0.3) is 0 Å². The summed E-state index contributed by atoms with van der Waals surface area (Å²) in [6.07, 6.45) is 0.184. The fourth-order valence-corrected chi connectivity index (χ4v) is 2.28. The fraction of sp³-hybridized carbons (Fsp3) is 0.357. The SMILES string of the molecule is COc1ccc(C(=O)N2C(=O)CC[C@H]2C(=O)O)cc1OC. The van der Waals surface area contributed by atoms with Crippen molar-refractivity contribution in [2.45, 2.75) is 18.9 Å². The Hall–Kier alpha value is -2.57. The number of carboxylic acids is 1. The van der Waals surface area contributed by atoms with Crippen LogP contribution in [0, 0.1) is 0 Å². The molecule has 2 amide bonds. The molecule has 7 nitrogen and oxygen atoms in total. The largest absolute Gasteiger partial charge is 0.493 e. The Labute approximate surface area is 121 Å². The molecular weight excluding hydrogens is 278 g/mol. The van der Waals surface area contributed by atoms with Gasteiger partial charge in [0.1, 0.15) is 6.04 Å². The van der Waals surface area contributed by atoms with Crippen molar-refractivity contribution in [2.24, 2.45) is 0 Å². The van der Waals surface area contributed by atoms with E-state index in [2.05, 4.69) is 0 Å². The highest BCUT2D eigenvalue weighted by Crippen LogP contribution is 2.29. The Morgan fingerprint density at radius 2 is 1.90 bits per heavy atom. The zero-order valence-electron chi connectivity index (χ0n) is 11.7. The molecule has 0 bridgehead atoms. The molecule has 0 aliphatic carbocycles. The molecule has 0 unspecified atom stereocenters. The van der Waals surface area contributed by atoms with Gasteiger partial charge in [-0.25, -0.2) is 4.79 Å². The quantitative estimate of drug-likeness (QED) is 0.830. The summed E-state index contributed by atoms with van der Waals surface area (Å²) in [5, 5.41) is 9.09. The first-order chi connectivity index (χ1) is 9.99. The Balaban J connectivity index is 2.35. The second kappa shape index (κ2) is 5.82. The number of nitrogens with zero attached hydrogens (tertiary/aromatic N) is 1. The Morgan fingerprint density at radius 3 is 2.48 bits per heavy atom. The summed E-state index contributed by atoms with van der Waals surface area (Å²) in [5.74, 6) is -1.54. The number of aliphatic carboxylic acids is 1. The lowest BCUT2D eigenvalue weighted by Crippen LogP contribution is -2.42. The normalized spacial score (nSPS) is 17.7. The van der Waals surface area contributed by atoms with Crippen molar-refractivity contribution in [3.8, 4) is 11.5 Å². The number of methoxy groups -OCH3 is 2. The zero-order valence-corrected chi connectivity index (χ0v) is 11.7. The Bertz CT molecular complexity index is 597. The number of rotatable bonds is 4. The Kier molecular flexibility index (Phi) is 4.11. The van der Waals surface area contributed by atoms with Gasteiger partial charge in [-0.2, -0.15) is 0 Å². The number of imide groups is 1. The minimum atomic E-state index is -1.19. The van der Waals surface area contributed by atoms with Crippen molar-refractivity contribution in [2.75, 3.05) is 14.2 Å². The van der Waals surface area contributed by atoms with E-state index in [1.54, 1.807) is 0 Å². The molecule has 7 heteroatoms. The fourth-order valence-electron chi connectivity index (χ4n) is 2.28. The second-order valence-electron chi connectivity index (χ2n) is 4.53. The third-order valence-corrected chi connectivity index (χ3v) is 3.35. The number of hydrogen-bond acceptors (Lipinski definition) is 5. The lowest BCUT2D eigenvalue weighted by atomic mass is 10.1. The molecule has 1 aliphatic heterocycles. The van der Waals surface area contributed by atoms with Crippen LogP contribution in [0.1, 0.15) is 23.2 Å². The standard InChI is InChI=1S/C14H15NO6/c1-20-10-5-3-8(7-11(10)21-2)13(17)15-9(14(18)19)4-6-12(15)16/h3,5,7,9H,4,6H2,1-2H3,(H,18,19)/t9-/m0/s1. The predicted molar refractivity (Wildman–Crippen MR) is 71.4 cm³/mol. The molecular formula is C14H15NO6. The third-order valence-electron chi connectivity index (χ3n) is 3.35. The van der Waals surface area contributed by atoms with E-state index in [0.29, 0.717) is 11.5 Å². The summed E-state index contributed by atoms with van der Waals surface area (Å²) in [6, 6.07) is 3.31. The molecule has 1 N–H and O–H groups in total. The van der Waals surface area contributed by atoms with Gasteiger partial charge in [0.15, 0.2) is 11.5 Å². The average Bonchev–Trinajstić information content (AvgIpc) is 2.87. The number of hydrogen-bond donors (Lipinski definition) is 1. The van der Waals surface area contributed by atoms with E-state index in [1.165, 1.54) is 32.4 Å². The van der Waals surface area contributed by atoms with Gasteiger partial charge in [0.25, 0.3) is 5.91 Å². The Morgan fingerprint density at radius 1 is 1.24 bits per heavy atom.